The van der Waals surface area contributed by atoms with Gasteiger partial charge >= 0.3 is 6.01 Å². The highest BCUT2D eigenvalue weighted by atomic mass is 19.2. The van der Waals surface area contributed by atoms with Crippen LogP contribution in [-0.2, 0) is 12.8 Å². The molecule has 2 aromatic heterocycles. The third-order valence-electron chi connectivity index (χ3n) is 4.95. The van der Waals surface area contributed by atoms with E-state index >= 15 is 0 Å². The van der Waals surface area contributed by atoms with Crippen molar-refractivity contribution < 1.29 is 18.3 Å². The zero-order valence-electron chi connectivity index (χ0n) is 14.6. The summed E-state index contributed by atoms with van der Waals surface area (Å²) in [5.41, 5.74) is 2.16. The summed E-state index contributed by atoms with van der Waals surface area (Å²) in [4.78, 5) is 10.3. The van der Waals surface area contributed by atoms with Crippen molar-refractivity contribution in [2.75, 3.05) is 23.3 Å². The topological polar surface area (TPSA) is 100 Å². The number of fused-ring (bicyclic) bond motifs is 1. The predicted octanol–water partition coefficient (Wildman–Crippen LogP) is 1.56. The molecule has 0 bridgehead atoms. The Balaban J connectivity index is 1.25. The molecule has 5 rings (SSSR count). The molecule has 1 fully saturated rings. The molecule has 1 saturated heterocycles. The molecular formula is C18H16F2N6O2. The van der Waals surface area contributed by atoms with Crippen LogP contribution in [0.3, 0.4) is 0 Å². The maximum absolute atomic E-state index is 13.4. The van der Waals surface area contributed by atoms with Crippen LogP contribution in [0.25, 0.3) is 11.5 Å². The molecule has 144 valence electrons. The van der Waals surface area contributed by atoms with E-state index < -0.39 is 11.6 Å². The van der Waals surface area contributed by atoms with Crippen LogP contribution >= 0.6 is 0 Å². The van der Waals surface area contributed by atoms with Crippen LogP contribution < -0.4 is 10.2 Å². The summed E-state index contributed by atoms with van der Waals surface area (Å²) in [5.74, 6) is -0.950. The first kappa shape index (κ1) is 17.0. The fourth-order valence-corrected chi connectivity index (χ4v) is 3.48. The minimum Gasteiger partial charge on any atom is -0.403 e. The molecule has 10 heteroatoms. The van der Waals surface area contributed by atoms with Gasteiger partial charge < -0.3 is 19.7 Å². The number of aliphatic hydroxyl groups excluding tert-OH is 1. The van der Waals surface area contributed by atoms with Gasteiger partial charge in [0, 0.05) is 18.4 Å². The van der Waals surface area contributed by atoms with Crippen molar-refractivity contribution in [1.29, 1.82) is 0 Å². The molecule has 0 saturated carbocycles. The molecule has 8 nitrogen and oxygen atoms in total. The van der Waals surface area contributed by atoms with Crippen molar-refractivity contribution >= 4 is 12.0 Å². The number of β-amino-alcohol motifs (C(OH)–C–C–N with tert-alkyl or cyclic N) is 1. The molecule has 0 spiro atoms. The lowest BCUT2D eigenvalue weighted by Gasteiger charge is -2.33. The first-order valence-corrected chi connectivity index (χ1v) is 8.87. The molecule has 1 aliphatic heterocycles. The van der Waals surface area contributed by atoms with Gasteiger partial charge in [-0.05, 0) is 36.1 Å². The van der Waals surface area contributed by atoms with Crippen molar-refractivity contribution in [2.24, 2.45) is 0 Å². The van der Waals surface area contributed by atoms with E-state index in [2.05, 4.69) is 25.5 Å². The molecule has 2 N–H and O–H groups in total. The molecule has 2 aliphatic rings. The molecule has 0 unspecified atom stereocenters. The van der Waals surface area contributed by atoms with Crippen LogP contribution in [0.4, 0.5) is 20.7 Å². The molecule has 3 heterocycles. The monoisotopic (exact) mass is 386 g/mol. The number of rotatable bonds is 4. The lowest BCUT2D eigenvalue weighted by Crippen LogP contribution is -2.51. The SMILES string of the molecule is OC1CN(c2nnc(-c3cnc(NC4Cc5cc(F)c(F)cc5C4)nc3)o2)C1. The van der Waals surface area contributed by atoms with Gasteiger partial charge in [0.2, 0.25) is 5.95 Å². The van der Waals surface area contributed by atoms with Crippen molar-refractivity contribution in [1.82, 2.24) is 20.2 Å². The summed E-state index contributed by atoms with van der Waals surface area (Å²) < 4.78 is 32.3. The summed E-state index contributed by atoms with van der Waals surface area (Å²) >= 11 is 0. The summed E-state index contributed by atoms with van der Waals surface area (Å²) in [6, 6.07) is 2.82. The average Bonchev–Trinajstić information content (AvgIpc) is 3.27. The number of nitrogens with one attached hydrogen (secondary N) is 1. The Morgan fingerprint density at radius 2 is 1.68 bits per heavy atom. The Hall–Kier alpha value is -3.14. The van der Waals surface area contributed by atoms with Crippen molar-refractivity contribution in [3.05, 3.63) is 47.3 Å². The van der Waals surface area contributed by atoms with Gasteiger partial charge in [-0.15, -0.1) is 5.10 Å². The Morgan fingerprint density at radius 1 is 1.04 bits per heavy atom. The van der Waals surface area contributed by atoms with Crippen LogP contribution in [-0.4, -0.2) is 50.5 Å². The fourth-order valence-electron chi connectivity index (χ4n) is 3.48. The molecular weight excluding hydrogens is 370 g/mol. The van der Waals surface area contributed by atoms with Gasteiger partial charge in [-0.1, -0.05) is 5.10 Å². The van der Waals surface area contributed by atoms with E-state index in [0.717, 1.165) is 11.1 Å². The fraction of sp³-hybridized carbons (Fsp3) is 0.333. The molecule has 3 aromatic rings. The van der Waals surface area contributed by atoms with Gasteiger partial charge in [-0.2, -0.15) is 0 Å². The molecule has 28 heavy (non-hydrogen) atoms. The number of aromatic nitrogens is 4. The van der Waals surface area contributed by atoms with Crippen LogP contribution in [0.15, 0.2) is 28.9 Å². The number of hydrogen-bond acceptors (Lipinski definition) is 8. The highest BCUT2D eigenvalue weighted by Crippen LogP contribution is 2.27. The first-order valence-electron chi connectivity index (χ1n) is 8.87. The Kier molecular flexibility index (Phi) is 3.93. The first-order chi connectivity index (χ1) is 13.5. The minimum absolute atomic E-state index is 0.0325. The van der Waals surface area contributed by atoms with E-state index in [1.54, 1.807) is 17.3 Å². The zero-order chi connectivity index (χ0) is 19.3. The summed E-state index contributed by atoms with van der Waals surface area (Å²) in [6.45, 7) is 0.942. The van der Waals surface area contributed by atoms with Crippen molar-refractivity contribution in [3.63, 3.8) is 0 Å². The Morgan fingerprint density at radius 3 is 2.29 bits per heavy atom. The van der Waals surface area contributed by atoms with E-state index in [-0.39, 0.29) is 12.1 Å². The van der Waals surface area contributed by atoms with Crippen LogP contribution in [0.2, 0.25) is 0 Å². The summed E-state index contributed by atoms with van der Waals surface area (Å²) in [5, 5.41) is 20.5. The van der Waals surface area contributed by atoms with Gasteiger partial charge in [-0.25, -0.2) is 18.7 Å². The number of hydrogen-bond donors (Lipinski definition) is 2. The van der Waals surface area contributed by atoms with Gasteiger partial charge in [-0.3, -0.25) is 0 Å². The Labute approximate surface area is 158 Å². The summed E-state index contributed by atoms with van der Waals surface area (Å²) in [7, 11) is 0. The largest absolute Gasteiger partial charge is 0.403 e. The Bertz CT molecular complexity index is 988. The third kappa shape index (κ3) is 3.05. The van der Waals surface area contributed by atoms with Crippen LogP contribution in [0.1, 0.15) is 11.1 Å². The van der Waals surface area contributed by atoms with E-state index in [1.807, 2.05) is 0 Å². The number of aliphatic hydroxyl groups is 1. The standard InChI is InChI=1S/C18H16F2N6O2/c19-14-3-9-1-12(2-10(9)4-15(14)20)23-17-21-5-11(6-22-17)16-24-25-18(28-16)26-7-13(27)8-26/h3-6,12-13,27H,1-2,7-8H2,(H,21,22,23). The second-order valence-corrected chi connectivity index (χ2v) is 7.03. The normalized spacial score (nSPS) is 16.9. The van der Waals surface area contributed by atoms with E-state index in [4.69, 9.17) is 4.42 Å². The quantitative estimate of drug-likeness (QED) is 0.697. The van der Waals surface area contributed by atoms with Crippen molar-refractivity contribution in [3.8, 4) is 11.5 Å². The summed E-state index contributed by atoms with van der Waals surface area (Å²) in [6.07, 6.45) is 3.93. The second kappa shape index (κ2) is 6.48. The van der Waals surface area contributed by atoms with Gasteiger partial charge in [0.05, 0.1) is 24.8 Å². The lowest BCUT2D eigenvalue weighted by molar-refractivity contribution is 0.137. The van der Waals surface area contributed by atoms with Crippen LogP contribution in [0.5, 0.6) is 0 Å². The molecule has 0 radical (unpaired) electrons. The lowest BCUT2D eigenvalue weighted by atomic mass is 10.1. The van der Waals surface area contributed by atoms with Gasteiger partial charge in [0.1, 0.15) is 0 Å². The highest BCUT2D eigenvalue weighted by molar-refractivity contribution is 5.52. The van der Waals surface area contributed by atoms with E-state index in [0.29, 0.717) is 49.3 Å². The second-order valence-electron chi connectivity index (χ2n) is 7.03. The van der Waals surface area contributed by atoms with E-state index in [1.165, 1.54) is 12.1 Å². The van der Waals surface area contributed by atoms with E-state index in [9.17, 15) is 13.9 Å². The van der Waals surface area contributed by atoms with Gasteiger partial charge in [0.25, 0.3) is 5.89 Å². The molecule has 0 amide bonds. The number of benzene rings is 1. The maximum atomic E-state index is 13.4. The minimum atomic E-state index is -0.827. The number of nitrogens with zero attached hydrogens (tertiary/aromatic N) is 5. The number of halogens is 2. The zero-order valence-corrected chi connectivity index (χ0v) is 14.6. The maximum Gasteiger partial charge on any atom is 0.318 e. The number of anilines is 2. The third-order valence-corrected chi connectivity index (χ3v) is 4.95. The van der Waals surface area contributed by atoms with Crippen LogP contribution in [0, 0.1) is 11.6 Å². The average molecular weight is 386 g/mol. The van der Waals surface area contributed by atoms with Gasteiger partial charge in [0.15, 0.2) is 11.6 Å². The smallest absolute Gasteiger partial charge is 0.318 e. The predicted molar refractivity (Wildman–Crippen MR) is 94.7 cm³/mol. The molecule has 0 atom stereocenters. The molecule has 1 aromatic carbocycles. The highest BCUT2D eigenvalue weighted by Gasteiger charge is 2.29. The molecule has 1 aliphatic carbocycles. The van der Waals surface area contributed by atoms with Crippen molar-refractivity contribution in [2.45, 2.75) is 25.0 Å².